The van der Waals surface area contributed by atoms with Gasteiger partial charge in [0.1, 0.15) is 24.2 Å². The molecule has 172 valence electrons. The van der Waals surface area contributed by atoms with E-state index in [1.54, 1.807) is 6.08 Å². The van der Waals surface area contributed by atoms with E-state index in [4.69, 9.17) is 9.47 Å². The van der Waals surface area contributed by atoms with Crippen LogP contribution in [0.15, 0.2) is 42.5 Å². The number of rotatable bonds is 9. The molecule has 5 heteroatoms. The van der Waals surface area contributed by atoms with Crippen molar-refractivity contribution in [3.8, 4) is 11.5 Å². The molecule has 1 aliphatic rings. The summed E-state index contributed by atoms with van der Waals surface area (Å²) >= 11 is 0. The van der Waals surface area contributed by atoms with Gasteiger partial charge in [-0.3, -0.25) is 4.79 Å². The largest absolute Gasteiger partial charge is 0.491 e. The molecule has 0 amide bonds. The molecule has 2 aromatic carbocycles. The summed E-state index contributed by atoms with van der Waals surface area (Å²) in [4.78, 5) is 17.2. The lowest BCUT2D eigenvalue weighted by Crippen LogP contribution is -2.28. The van der Waals surface area contributed by atoms with Gasteiger partial charge in [-0.15, -0.1) is 0 Å². The van der Waals surface area contributed by atoms with Gasteiger partial charge in [-0.1, -0.05) is 38.1 Å². The molecular weight excluding hydrogens is 400 g/mol. The van der Waals surface area contributed by atoms with Gasteiger partial charge in [0.05, 0.1) is 0 Å². The van der Waals surface area contributed by atoms with Gasteiger partial charge >= 0.3 is 0 Å². The first kappa shape index (κ1) is 24.0. The van der Waals surface area contributed by atoms with Crippen LogP contribution in [-0.2, 0) is 12.0 Å². The fourth-order valence-corrected chi connectivity index (χ4v) is 3.82. The molecule has 1 heterocycles. The summed E-state index contributed by atoms with van der Waals surface area (Å²) in [6.45, 7) is 8.55. The SMILES string of the molecule is CC1Oc2cc(OCCN(C)C)c(C=CC(=O)c3ccccc3CN(C)C)cc2C1(C)C. The Morgan fingerprint density at radius 1 is 1.12 bits per heavy atom. The van der Waals surface area contributed by atoms with Crippen molar-refractivity contribution in [2.45, 2.75) is 38.8 Å². The first-order chi connectivity index (χ1) is 15.1. The molecule has 0 N–H and O–H groups in total. The molecule has 0 bridgehead atoms. The molecule has 0 saturated carbocycles. The number of nitrogens with zero attached hydrogens (tertiary/aromatic N) is 2. The van der Waals surface area contributed by atoms with Crippen LogP contribution in [0.1, 0.15) is 47.8 Å². The number of ether oxygens (including phenoxy) is 2. The van der Waals surface area contributed by atoms with E-state index in [9.17, 15) is 4.79 Å². The van der Waals surface area contributed by atoms with Gasteiger partial charge in [-0.2, -0.15) is 0 Å². The normalized spacial score (nSPS) is 17.1. The minimum atomic E-state index is -0.109. The molecule has 2 aromatic rings. The average molecular weight is 437 g/mol. The van der Waals surface area contributed by atoms with Gasteiger partial charge in [0.2, 0.25) is 0 Å². The number of fused-ring (bicyclic) bond motifs is 1. The Morgan fingerprint density at radius 3 is 2.53 bits per heavy atom. The third-order valence-corrected chi connectivity index (χ3v) is 6.11. The third-order valence-electron chi connectivity index (χ3n) is 6.11. The second-order valence-corrected chi connectivity index (χ2v) is 9.61. The standard InChI is InChI=1S/C27H36N2O3/c1-19-27(2,3)23-16-20(25(17-26(23)32-19)31-15-14-28(4)5)12-13-24(30)22-11-9-8-10-21(22)18-29(6)7/h8-13,16-17,19H,14-15,18H2,1-7H3. The number of ketones is 1. The van der Waals surface area contributed by atoms with Crippen LogP contribution < -0.4 is 9.47 Å². The lowest BCUT2D eigenvalue weighted by molar-refractivity contribution is 0.104. The van der Waals surface area contributed by atoms with E-state index in [2.05, 4.69) is 36.6 Å². The number of likely N-dealkylation sites (N-methyl/N-ethyl adjacent to an activating group) is 1. The molecule has 3 rings (SSSR count). The van der Waals surface area contributed by atoms with Gasteiger partial charge in [0.15, 0.2) is 5.78 Å². The number of hydrogen-bond acceptors (Lipinski definition) is 5. The summed E-state index contributed by atoms with van der Waals surface area (Å²) in [6, 6.07) is 11.9. The zero-order valence-corrected chi connectivity index (χ0v) is 20.4. The zero-order valence-electron chi connectivity index (χ0n) is 20.4. The van der Waals surface area contributed by atoms with Crippen molar-refractivity contribution >= 4 is 11.9 Å². The molecule has 0 spiro atoms. The maximum absolute atomic E-state index is 13.1. The Hall–Kier alpha value is -2.63. The van der Waals surface area contributed by atoms with Crippen LogP contribution in [0.25, 0.3) is 6.08 Å². The second-order valence-electron chi connectivity index (χ2n) is 9.61. The second kappa shape index (κ2) is 9.88. The number of benzene rings is 2. The molecule has 0 aliphatic carbocycles. The van der Waals surface area contributed by atoms with Gasteiger partial charge in [-0.05, 0) is 58.9 Å². The minimum Gasteiger partial charge on any atom is -0.491 e. The molecule has 0 saturated heterocycles. The highest BCUT2D eigenvalue weighted by Crippen LogP contribution is 2.45. The highest BCUT2D eigenvalue weighted by molar-refractivity contribution is 6.08. The summed E-state index contributed by atoms with van der Waals surface area (Å²) in [5.41, 5.74) is 3.68. The third kappa shape index (κ3) is 5.40. The van der Waals surface area contributed by atoms with Gasteiger partial charge in [0, 0.05) is 41.3 Å². The molecule has 1 atom stereocenters. The Labute approximate surface area is 192 Å². The molecule has 1 unspecified atom stereocenters. The summed E-state index contributed by atoms with van der Waals surface area (Å²) in [5.74, 6) is 1.59. The number of carbonyl (C=O) groups excluding carboxylic acids is 1. The molecule has 0 fully saturated rings. The first-order valence-corrected chi connectivity index (χ1v) is 11.2. The highest BCUT2D eigenvalue weighted by atomic mass is 16.5. The predicted molar refractivity (Wildman–Crippen MR) is 131 cm³/mol. The van der Waals surface area contributed by atoms with Crippen LogP contribution in [0.2, 0.25) is 0 Å². The Bertz CT molecular complexity index is 992. The topological polar surface area (TPSA) is 42.0 Å². The first-order valence-electron chi connectivity index (χ1n) is 11.2. The fraction of sp³-hybridized carbons (Fsp3) is 0.444. The van der Waals surface area contributed by atoms with Crippen LogP contribution in [-0.4, -0.2) is 63.0 Å². The average Bonchev–Trinajstić information content (AvgIpc) is 2.93. The smallest absolute Gasteiger partial charge is 0.186 e. The van der Waals surface area contributed by atoms with Crippen LogP contribution in [0, 0.1) is 0 Å². The summed E-state index contributed by atoms with van der Waals surface area (Å²) < 4.78 is 12.2. The fourth-order valence-electron chi connectivity index (χ4n) is 3.82. The maximum Gasteiger partial charge on any atom is 0.186 e. The quantitative estimate of drug-likeness (QED) is 0.423. The zero-order chi connectivity index (χ0) is 23.5. The van der Waals surface area contributed by atoms with Crippen LogP contribution in [0.3, 0.4) is 0 Å². The van der Waals surface area contributed by atoms with E-state index in [1.165, 1.54) is 0 Å². The Balaban J connectivity index is 1.93. The van der Waals surface area contributed by atoms with Gasteiger partial charge < -0.3 is 19.3 Å². The lowest BCUT2D eigenvalue weighted by atomic mass is 9.81. The number of carbonyl (C=O) groups is 1. The summed E-state index contributed by atoms with van der Waals surface area (Å²) in [7, 11) is 8.04. The van der Waals surface area contributed by atoms with E-state index in [-0.39, 0.29) is 17.3 Å². The summed E-state index contributed by atoms with van der Waals surface area (Å²) in [5, 5.41) is 0. The van der Waals surface area contributed by atoms with E-state index in [1.807, 2.05) is 64.6 Å². The van der Waals surface area contributed by atoms with E-state index >= 15 is 0 Å². The number of allylic oxidation sites excluding steroid dienone is 1. The van der Waals surface area contributed by atoms with E-state index in [0.29, 0.717) is 6.61 Å². The molecule has 32 heavy (non-hydrogen) atoms. The Kier molecular flexibility index (Phi) is 7.42. The minimum absolute atomic E-state index is 0.00827. The molecule has 1 aliphatic heterocycles. The maximum atomic E-state index is 13.1. The van der Waals surface area contributed by atoms with Gasteiger partial charge in [0.25, 0.3) is 0 Å². The Morgan fingerprint density at radius 2 is 1.84 bits per heavy atom. The van der Waals surface area contributed by atoms with Crippen molar-refractivity contribution in [2.75, 3.05) is 41.3 Å². The highest BCUT2D eigenvalue weighted by Gasteiger charge is 2.39. The van der Waals surface area contributed by atoms with E-state index in [0.717, 1.165) is 46.8 Å². The van der Waals surface area contributed by atoms with Crippen LogP contribution in [0.5, 0.6) is 11.5 Å². The molecule has 0 radical (unpaired) electrons. The lowest BCUT2D eigenvalue weighted by Gasteiger charge is -2.22. The molecule has 5 nitrogen and oxygen atoms in total. The molecular formula is C27H36N2O3. The summed E-state index contributed by atoms with van der Waals surface area (Å²) in [6.07, 6.45) is 3.60. The monoisotopic (exact) mass is 436 g/mol. The van der Waals surface area contributed by atoms with Crippen molar-refractivity contribution in [3.63, 3.8) is 0 Å². The van der Waals surface area contributed by atoms with Gasteiger partial charge in [-0.25, -0.2) is 0 Å². The van der Waals surface area contributed by atoms with Crippen molar-refractivity contribution in [3.05, 3.63) is 64.7 Å². The molecule has 0 aromatic heterocycles. The van der Waals surface area contributed by atoms with Crippen LogP contribution in [0.4, 0.5) is 0 Å². The van der Waals surface area contributed by atoms with Crippen molar-refractivity contribution in [1.82, 2.24) is 9.80 Å². The number of hydrogen-bond donors (Lipinski definition) is 0. The van der Waals surface area contributed by atoms with Crippen molar-refractivity contribution < 1.29 is 14.3 Å². The van der Waals surface area contributed by atoms with Crippen molar-refractivity contribution in [2.24, 2.45) is 0 Å². The van der Waals surface area contributed by atoms with Crippen LogP contribution >= 0.6 is 0 Å². The van der Waals surface area contributed by atoms with Crippen molar-refractivity contribution in [1.29, 1.82) is 0 Å². The van der Waals surface area contributed by atoms with E-state index < -0.39 is 0 Å². The predicted octanol–water partition coefficient (Wildman–Crippen LogP) is 4.64.